The largest absolute Gasteiger partial charge is 0.465 e. The van der Waals surface area contributed by atoms with Crippen molar-refractivity contribution in [3.05, 3.63) is 75.8 Å². The highest BCUT2D eigenvalue weighted by Gasteiger charge is 2.41. The number of aromatic nitrogens is 3. The number of ether oxygens (including phenoxy) is 1. The predicted molar refractivity (Wildman–Crippen MR) is 111 cm³/mol. The number of halogens is 6. The average molecular weight is 500 g/mol. The molecular formula is C21H11Cl2F4N3O3. The van der Waals surface area contributed by atoms with Gasteiger partial charge in [0.15, 0.2) is 11.5 Å². The molecule has 0 aliphatic carbocycles. The van der Waals surface area contributed by atoms with Gasteiger partial charge in [-0.05, 0) is 36.4 Å². The molecule has 0 N–H and O–H groups in total. The van der Waals surface area contributed by atoms with E-state index in [1.165, 1.54) is 24.3 Å². The molecule has 0 saturated heterocycles. The number of alkyl halides is 3. The number of rotatable bonds is 4. The lowest BCUT2D eigenvalue weighted by Crippen LogP contribution is -2.10. The molecule has 2 aromatic carbocycles. The van der Waals surface area contributed by atoms with Crippen molar-refractivity contribution >= 4 is 29.2 Å². The fourth-order valence-electron chi connectivity index (χ4n) is 3.14. The average Bonchev–Trinajstić information content (AvgIpc) is 3.38. The molecule has 0 spiro atoms. The third kappa shape index (κ3) is 4.19. The molecule has 0 radical (unpaired) electrons. The van der Waals surface area contributed by atoms with Crippen LogP contribution in [0.2, 0.25) is 10.0 Å². The van der Waals surface area contributed by atoms with Crippen molar-refractivity contribution in [1.82, 2.24) is 14.9 Å². The number of hydrogen-bond donors (Lipinski definition) is 0. The minimum atomic E-state index is -4.93. The van der Waals surface area contributed by atoms with E-state index in [9.17, 15) is 22.4 Å². The fraction of sp³-hybridized carbons (Fsp3) is 0.0952. The molecule has 0 aliphatic rings. The van der Waals surface area contributed by atoms with Crippen LogP contribution in [-0.4, -0.2) is 28.0 Å². The third-order valence-corrected chi connectivity index (χ3v) is 5.23. The highest BCUT2D eigenvalue weighted by molar-refractivity contribution is 6.39. The highest BCUT2D eigenvalue weighted by atomic mass is 35.5. The Morgan fingerprint density at radius 1 is 1.09 bits per heavy atom. The lowest BCUT2D eigenvalue weighted by Gasteiger charge is -2.07. The number of esters is 1. The molecule has 4 aromatic rings. The molecule has 2 aromatic heterocycles. The zero-order chi connectivity index (χ0) is 23.9. The summed E-state index contributed by atoms with van der Waals surface area (Å²) in [6, 6.07) is 9.08. The smallest absolute Gasteiger partial charge is 0.435 e. The van der Waals surface area contributed by atoms with Crippen molar-refractivity contribution in [3.63, 3.8) is 0 Å². The molecule has 33 heavy (non-hydrogen) atoms. The molecule has 12 heteroatoms. The van der Waals surface area contributed by atoms with Crippen LogP contribution in [0.3, 0.4) is 0 Å². The van der Waals surface area contributed by atoms with Crippen molar-refractivity contribution in [3.8, 4) is 28.3 Å². The normalized spacial score (nSPS) is 11.6. The predicted octanol–water partition coefficient (Wildman–Crippen LogP) is 6.45. The molecule has 0 amide bonds. The Bertz CT molecular complexity index is 1330. The monoisotopic (exact) mass is 499 g/mol. The van der Waals surface area contributed by atoms with Gasteiger partial charge in [-0.2, -0.15) is 18.3 Å². The van der Waals surface area contributed by atoms with Gasteiger partial charge in [-0.15, -0.1) is 0 Å². The number of benzene rings is 2. The van der Waals surface area contributed by atoms with E-state index in [2.05, 4.69) is 10.3 Å². The van der Waals surface area contributed by atoms with Gasteiger partial charge in [0, 0.05) is 11.8 Å². The van der Waals surface area contributed by atoms with Gasteiger partial charge in [0.1, 0.15) is 17.1 Å². The summed E-state index contributed by atoms with van der Waals surface area (Å²) < 4.78 is 65.6. The zero-order valence-electron chi connectivity index (χ0n) is 16.5. The first-order chi connectivity index (χ1) is 15.6. The summed E-state index contributed by atoms with van der Waals surface area (Å²) in [6.45, 7) is 0. The van der Waals surface area contributed by atoms with E-state index in [1.54, 1.807) is 6.07 Å². The zero-order valence-corrected chi connectivity index (χ0v) is 18.0. The van der Waals surface area contributed by atoms with Crippen molar-refractivity contribution in [2.75, 3.05) is 7.11 Å². The van der Waals surface area contributed by atoms with Crippen LogP contribution < -0.4 is 0 Å². The van der Waals surface area contributed by atoms with Crippen molar-refractivity contribution in [2.24, 2.45) is 0 Å². The molecule has 0 fully saturated rings. The molecule has 0 aliphatic heterocycles. The Kier molecular flexibility index (Phi) is 5.89. The Morgan fingerprint density at radius 2 is 1.73 bits per heavy atom. The molecule has 2 heterocycles. The first-order valence-electron chi connectivity index (χ1n) is 9.07. The van der Waals surface area contributed by atoms with E-state index in [4.69, 9.17) is 32.5 Å². The summed E-state index contributed by atoms with van der Waals surface area (Å²) in [5.74, 6) is -2.15. The standard InChI is InChI=1S/C21H11Cl2F4N3O3/c1-32-20(31)16-17(15-13(22)3-2-4-14(15)23)29-33-18(16)12-9-30(28-19(12)21(25,26)27)11-7-5-10(24)6-8-11/h2-9H,1H3. The van der Waals surface area contributed by atoms with Gasteiger partial charge in [0.25, 0.3) is 0 Å². The number of carbonyl (C=O) groups excluding carboxylic acids is 1. The number of methoxy groups -OCH3 is 1. The van der Waals surface area contributed by atoms with E-state index >= 15 is 0 Å². The van der Waals surface area contributed by atoms with E-state index < -0.39 is 40.5 Å². The van der Waals surface area contributed by atoms with Crippen LogP contribution >= 0.6 is 23.2 Å². The van der Waals surface area contributed by atoms with E-state index in [0.717, 1.165) is 30.1 Å². The quantitative estimate of drug-likeness (QED) is 0.238. The topological polar surface area (TPSA) is 70.2 Å². The summed E-state index contributed by atoms with van der Waals surface area (Å²) in [7, 11) is 1.05. The SMILES string of the molecule is COC(=O)c1c(-c2c(Cl)cccc2Cl)noc1-c1cn(-c2ccc(F)cc2)nc1C(F)(F)F. The molecule has 0 saturated carbocycles. The molecule has 6 nitrogen and oxygen atoms in total. The van der Waals surface area contributed by atoms with Crippen molar-refractivity contribution < 1.29 is 31.6 Å². The van der Waals surface area contributed by atoms with Crippen LogP contribution in [0.15, 0.2) is 53.2 Å². The second-order valence-corrected chi connectivity index (χ2v) is 7.45. The maximum atomic E-state index is 13.8. The maximum absolute atomic E-state index is 13.8. The fourth-order valence-corrected chi connectivity index (χ4v) is 3.71. The second kappa shape index (κ2) is 8.53. The van der Waals surface area contributed by atoms with Crippen LogP contribution in [0.25, 0.3) is 28.3 Å². The Hall–Kier alpha value is -3.37. The van der Waals surface area contributed by atoms with Gasteiger partial charge in [0.05, 0.1) is 28.4 Å². The molecule has 0 atom stereocenters. The first-order valence-corrected chi connectivity index (χ1v) is 9.83. The van der Waals surface area contributed by atoms with Gasteiger partial charge in [0.2, 0.25) is 0 Å². The molecule has 0 bridgehead atoms. The lowest BCUT2D eigenvalue weighted by atomic mass is 10.0. The summed E-state index contributed by atoms with van der Waals surface area (Å²) in [4.78, 5) is 12.6. The summed E-state index contributed by atoms with van der Waals surface area (Å²) in [6.07, 6.45) is -3.94. The van der Waals surface area contributed by atoms with Crippen molar-refractivity contribution in [1.29, 1.82) is 0 Å². The Morgan fingerprint density at radius 3 is 2.30 bits per heavy atom. The van der Waals surface area contributed by atoms with Crippen LogP contribution in [0, 0.1) is 5.82 Å². The van der Waals surface area contributed by atoms with Crippen LogP contribution in [-0.2, 0) is 10.9 Å². The van der Waals surface area contributed by atoms with E-state index in [0.29, 0.717) is 0 Å². The van der Waals surface area contributed by atoms with E-state index in [-0.39, 0.29) is 27.0 Å². The molecule has 0 unspecified atom stereocenters. The lowest BCUT2D eigenvalue weighted by molar-refractivity contribution is -0.140. The Labute approximate surface area is 193 Å². The molecular weight excluding hydrogens is 489 g/mol. The molecule has 4 rings (SSSR count). The summed E-state index contributed by atoms with van der Waals surface area (Å²) >= 11 is 12.4. The number of hydrogen-bond acceptors (Lipinski definition) is 5. The number of carbonyl (C=O) groups is 1. The van der Waals surface area contributed by atoms with Crippen LogP contribution in [0.5, 0.6) is 0 Å². The summed E-state index contributed by atoms with van der Waals surface area (Å²) in [5.41, 5.74) is -2.34. The highest BCUT2D eigenvalue weighted by Crippen LogP contribution is 2.43. The Balaban J connectivity index is 1.98. The molecule has 170 valence electrons. The minimum absolute atomic E-state index is 0.0794. The van der Waals surface area contributed by atoms with Crippen molar-refractivity contribution in [2.45, 2.75) is 6.18 Å². The van der Waals surface area contributed by atoms with Gasteiger partial charge in [-0.25, -0.2) is 13.9 Å². The summed E-state index contributed by atoms with van der Waals surface area (Å²) in [5, 5.41) is 7.53. The maximum Gasteiger partial charge on any atom is 0.435 e. The third-order valence-electron chi connectivity index (χ3n) is 4.60. The van der Waals surface area contributed by atoms with Crippen LogP contribution in [0.4, 0.5) is 17.6 Å². The van der Waals surface area contributed by atoms with Gasteiger partial charge < -0.3 is 9.26 Å². The second-order valence-electron chi connectivity index (χ2n) is 6.63. The van der Waals surface area contributed by atoms with Crippen LogP contribution in [0.1, 0.15) is 16.1 Å². The number of nitrogens with zero attached hydrogens (tertiary/aromatic N) is 3. The minimum Gasteiger partial charge on any atom is -0.465 e. The first kappa shape index (κ1) is 22.8. The van der Waals surface area contributed by atoms with Gasteiger partial charge >= 0.3 is 12.1 Å². The van der Waals surface area contributed by atoms with Gasteiger partial charge in [-0.3, -0.25) is 0 Å². The van der Waals surface area contributed by atoms with E-state index in [1.807, 2.05) is 0 Å². The van der Waals surface area contributed by atoms with Gasteiger partial charge in [-0.1, -0.05) is 34.4 Å².